The summed E-state index contributed by atoms with van der Waals surface area (Å²) in [6.45, 7) is 5.93. The summed E-state index contributed by atoms with van der Waals surface area (Å²) in [5, 5.41) is 15.2. The lowest BCUT2D eigenvalue weighted by molar-refractivity contribution is -0.137. The first-order chi connectivity index (χ1) is 15.5. The van der Waals surface area contributed by atoms with Crippen molar-refractivity contribution >= 4 is 16.8 Å². The van der Waals surface area contributed by atoms with Gasteiger partial charge in [0.2, 0.25) is 11.3 Å². The Morgan fingerprint density at radius 3 is 2.70 bits per heavy atom. The van der Waals surface area contributed by atoms with E-state index in [0.29, 0.717) is 13.0 Å². The van der Waals surface area contributed by atoms with Crippen LogP contribution < -0.4 is 10.7 Å². The molecule has 1 aliphatic rings. The molecule has 1 aromatic carbocycles. The molecular formula is C22H23F3N6O2. The van der Waals surface area contributed by atoms with Gasteiger partial charge in [-0.05, 0) is 51.0 Å². The molecule has 4 rings (SSSR count). The van der Waals surface area contributed by atoms with E-state index in [9.17, 15) is 22.8 Å². The van der Waals surface area contributed by atoms with Gasteiger partial charge in [-0.1, -0.05) is 0 Å². The summed E-state index contributed by atoms with van der Waals surface area (Å²) >= 11 is 0. The van der Waals surface area contributed by atoms with Crippen molar-refractivity contribution < 1.29 is 18.0 Å². The van der Waals surface area contributed by atoms with E-state index in [1.165, 1.54) is 4.68 Å². The highest BCUT2D eigenvalue weighted by atomic mass is 19.4. The summed E-state index contributed by atoms with van der Waals surface area (Å²) < 4.78 is 42.8. The molecule has 0 saturated carbocycles. The number of aryl methyl sites for hydroxylation is 2. The largest absolute Gasteiger partial charge is 0.416 e. The number of nitrogens with zero attached hydrogens (tertiary/aromatic N) is 5. The van der Waals surface area contributed by atoms with Crippen LogP contribution in [0.2, 0.25) is 0 Å². The number of benzene rings is 1. The van der Waals surface area contributed by atoms with E-state index in [4.69, 9.17) is 0 Å². The number of carbonyl (C=O) groups is 1. The highest BCUT2D eigenvalue weighted by Gasteiger charge is 2.31. The van der Waals surface area contributed by atoms with E-state index >= 15 is 0 Å². The maximum absolute atomic E-state index is 13.1. The molecule has 0 atom stereocenters. The smallest absolute Gasteiger partial charge is 0.332 e. The number of fused-ring (bicyclic) bond motifs is 2. The number of aromatic nitrogens is 5. The van der Waals surface area contributed by atoms with Gasteiger partial charge in [0.05, 0.1) is 17.5 Å². The van der Waals surface area contributed by atoms with Crippen molar-refractivity contribution in [2.75, 3.05) is 0 Å². The zero-order valence-electron chi connectivity index (χ0n) is 18.4. The monoisotopic (exact) mass is 460 g/mol. The molecule has 0 radical (unpaired) electrons. The Morgan fingerprint density at radius 2 is 2.00 bits per heavy atom. The quantitative estimate of drug-likeness (QED) is 0.646. The van der Waals surface area contributed by atoms with Crippen molar-refractivity contribution in [3.8, 4) is 0 Å². The molecule has 8 nitrogen and oxygen atoms in total. The van der Waals surface area contributed by atoms with Gasteiger partial charge in [0.25, 0.3) is 0 Å². The van der Waals surface area contributed by atoms with Crippen molar-refractivity contribution in [3.05, 3.63) is 63.1 Å². The first-order valence-corrected chi connectivity index (χ1v) is 10.5. The molecular weight excluding hydrogens is 437 g/mol. The van der Waals surface area contributed by atoms with Gasteiger partial charge >= 0.3 is 6.18 Å². The van der Waals surface area contributed by atoms with Gasteiger partial charge in [-0.3, -0.25) is 14.3 Å². The average molecular weight is 460 g/mol. The number of halogens is 3. The molecule has 0 fully saturated rings. The Morgan fingerprint density at radius 1 is 1.24 bits per heavy atom. The number of amides is 1. The van der Waals surface area contributed by atoms with Crippen LogP contribution in [0.3, 0.4) is 0 Å². The standard InChI is InChI=1S/C22H23F3N6O2/c1-12(2)31-18-8-15(22(23,24)25)5-6-16(18)21(33)17(29-31)9-20(32)26-10-14-4-7-19-28-27-13(3)30(19)11-14/h5-6,8,10,12H,4,7,9,11H2,1-3H3,(H,26,32)/b14-10-. The van der Waals surface area contributed by atoms with Gasteiger partial charge in [-0.15, -0.1) is 10.2 Å². The summed E-state index contributed by atoms with van der Waals surface area (Å²) in [7, 11) is 0. The minimum absolute atomic E-state index is 0.0209. The summed E-state index contributed by atoms with van der Waals surface area (Å²) in [5.41, 5.74) is -0.363. The topological polar surface area (TPSA) is 94.7 Å². The second-order valence-electron chi connectivity index (χ2n) is 8.34. The fourth-order valence-corrected chi connectivity index (χ4v) is 3.86. The van der Waals surface area contributed by atoms with Gasteiger partial charge in [-0.25, -0.2) is 0 Å². The summed E-state index contributed by atoms with van der Waals surface area (Å²) in [4.78, 5) is 25.4. The van der Waals surface area contributed by atoms with E-state index in [0.717, 1.165) is 41.8 Å². The highest BCUT2D eigenvalue weighted by molar-refractivity contribution is 5.83. The van der Waals surface area contributed by atoms with E-state index in [2.05, 4.69) is 20.6 Å². The maximum atomic E-state index is 13.1. The van der Waals surface area contributed by atoms with Crippen molar-refractivity contribution in [1.82, 2.24) is 29.9 Å². The third-order valence-corrected chi connectivity index (χ3v) is 5.60. The first kappa shape index (κ1) is 22.7. The normalized spacial score (nSPS) is 15.3. The average Bonchev–Trinajstić information content (AvgIpc) is 3.13. The molecule has 174 valence electrons. The lowest BCUT2D eigenvalue weighted by Gasteiger charge is -2.18. The fourth-order valence-electron chi connectivity index (χ4n) is 3.86. The maximum Gasteiger partial charge on any atom is 0.416 e. The molecule has 33 heavy (non-hydrogen) atoms. The van der Waals surface area contributed by atoms with Crippen molar-refractivity contribution in [2.24, 2.45) is 0 Å². The molecule has 0 spiro atoms. The van der Waals surface area contributed by atoms with Crippen LogP contribution in [0.1, 0.15) is 49.2 Å². The Balaban J connectivity index is 1.58. The Labute approximate surface area is 187 Å². The third-order valence-electron chi connectivity index (χ3n) is 5.60. The van der Waals surface area contributed by atoms with Gasteiger partial charge in [-0.2, -0.15) is 18.3 Å². The Hall–Kier alpha value is -3.50. The van der Waals surface area contributed by atoms with Gasteiger partial charge < -0.3 is 9.88 Å². The van der Waals surface area contributed by atoms with Gasteiger partial charge in [0.15, 0.2) is 0 Å². The zero-order chi connectivity index (χ0) is 23.9. The van der Waals surface area contributed by atoms with Crippen LogP contribution in [-0.2, 0) is 30.4 Å². The molecule has 0 unspecified atom stereocenters. The number of alkyl halides is 3. The lowest BCUT2D eigenvalue weighted by atomic mass is 10.1. The summed E-state index contributed by atoms with van der Waals surface area (Å²) in [6.07, 6.45) is -1.75. The molecule has 3 heterocycles. The molecule has 1 amide bonds. The summed E-state index contributed by atoms with van der Waals surface area (Å²) in [6, 6.07) is 2.62. The van der Waals surface area contributed by atoms with Crippen LogP contribution in [-0.4, -0.2) is 30.5 Å². The second-order valence-corrected chi connectivity index (χ2v) is 8.34. The predicted octanol–water partition coefficient (Wildman–Crippen LogP) is 3.09. The minimum Gasteiger partial charge on any atom is -0.332 e. The molecule has 11 heteroatoms. The summed E-state index contributed by atoms with van der Waals surface area (Å²) in [5.74, 6) is 1.27. The molecule has 0 saturated heterocycles. The van der Waals surface area contributed by atoms with Crippen molar-refractivity contribution in [3.63, 3.8) is 0 Å². The Kier molecular flexibility index (Phi) is 5.81. The van der Waals surface area contributed by atoms with Crippen LogP contribution >= 0.6 is 0 Å². The molecule has 3 aromatic rings. The van der Waals surface area contributed by atoms with E-state index < -0.39 is 23.1 Å². The minimum atomic E-state index is -4.54. The number of nitrogens with one attached hydrogen (secondary N) is 1. The Bertz CT molecular complexity index is 1320. The number of allylic oxidation sites excluding steroid dienone is 1. The van der Waals surface area contributed by atoms with E-state index in [-0.39, 0.29) is 29.1 Å². The van der Waals surface area contributed by atoms with Crippen LogP contribution in [0, 0.1) is 6.92 Å². The predicted molar refractivity (Wildman–Crippen MR) is 114 cm³/mol. The van der Waals surface area contributed by atoms with Gasteiger partial charge in [0, 0.05) is 30.6 Å². The van der Waals surface area contributed by atoms with E-state index in [1.807, 2.05) is 11.5 Å². The number of rotatable bonds is 4. The lowest BCUT2D eigenvalue weighted by Crippen LogP contribution is -2.28. The van der Waals surface area contributed by atoms with Crippen LogP contribution in [0.25, 0.3) is 10.9 Å². The van der Waals surface area contributed by atoms with Crippen LogP contribution in [0.4, 0.5) is 13.2 Å². The van der Waals surface area contributed by atoms with Crippen molar-refractivity contribution in [2.45, 2.75) is 58.8 Å². The number of hydrogen-bond acceptors (Lipinski definition) is 5. The van der Waals surface area contributed by atoms with E-state index in [1.54, 1.807) is 20.0 Å². The molecule has 1 aliphatic heterocycles. The SMILES string of the molecule is Cc1nnc2n1C/C(=C\NC(=O)Cc1nn(C(C)C)c3cc(C(F)(F)F)ccc3c1=O)CC2. The highest BCUT2D eigenvalue weighted by Crippen LogP contribution is 2.31. The van der Waals surface area contributed by atoms with Crippen LogP contribution in [0.15, 0.2) is 34.8 Å². The number of hydrogen-bond donors (Lipinski definition) is 1. The molecule has 1 N–H and O–H groups in total. The molecule has 2 aromatic heterocycles. The zero-order valence-corrected chi connectivity index (χ0v) is 18.4. The molecule has 0 bridgehead atoms. The second kappa shape index (κ2) is 8.45. The van der Waals surface area contributed by atoms with Crippen molar-refractivity contribution in [1.29, 1.82) is 0 Å². The van der Waals surface area contributed by atoms with Crippen LogP contribution in [0.5, 0.6) is 0 Å². The third kappa shape index (κ3) is 4.53. The van der Waals surface area contributed by atoms with Gasteiger partial charge in [0.1, 0.15) is 17.3 Å². The number of carbonyl (C=O) groups excluding carboxylic acids is 1. The molecule has 0 aliphatic carbocycles. The fraction of sp³-hybridized carbons (Fsp3) is 0.409. The first-order valence-electron chi connectivity index (χ1n) is 10.5.